The average molecular weight is 485 g/mol. The molecular formula is C25H32N4O4S. The molecule has 9 heteroatoms. The number of ether oxygens (including phenoxy) is 1. The molecule has 0 spiro atoms. The molecule has 8 nitrogen and oxygen atoms in total. The topological polar surface area (TPSA) is 82.2 Å². The van der Waals surface area contributed by atoms with Gasteiger partial charge in [0.2, 0.25) is 11.8 Å². The number of amides is 2. The van der Waals surface area contributed by atoms with Gasteiger partial charge in [-0.3, -0.25) is 19.4 Å². The molecule has 0 aliphatic carbocycles. The fourth-order valence-corrected chi connectivity index (χ4v) is 5.35. The maximum Gasteiger partial charge on any atom is 0.350 e. The summed E-state index contributed by atoms with van der Waals surface area (Å²) in [6, 6.07) is 11.6. The van der Waals surface area contributed by atoms with Crippen LogP contribution in [0.15, 0.2) is 36.4 Å². The number of carbonyl (C=O) groups excluding carboxylic acids is 3. The molecule has 1 N–H and O–H groups in total. The molecule has 4 rings (SSSR count). The van der Waals surface area contributed by atoms with E-state index in [-0.39, 0.29) is 25.0 Å². The van der Waals surface area contributed by atoms with Crippen LogP contribution in [0.2, 0.25) is 0 Å². The minimum absolute atomic E-state index is 0.162. The number of hydrogen-bond acceptors (Lipinski definition) is 7. The number of nitrogens with zero attached hydrogens (tertiary/aromatic N) is 3. The van der Waals surface area contributed by atoms with Crippen molar-refractivity contribution in [1.82, 2.24) is 14.7 Å². The zero-order valence-corrected chi connectivity index (χ0v) is 20.4. The number of nitrogens with one attached hydrogen (secondary N) is 1. The molecule has 0 bridgehead atoms. The number of likely N-dealkylation sites (tertiary alicyclic amines) is 1. The Morgan fingerprint density at radius 1 is 0.941 bits per heavy atom. The molecule has 182 valence electrons. The predicted octanol–water partition coefficient (Wildman–Crippen LogP) is 2.77. The number of rotatable bonds is 8. The molecule has 2 fully saturated rings. The summed E-state index contributed by atoms with van der Waals surface area (Å²) in [6.45, 7) is 7.47. The van der Waals surface area contributed by atoms with Crippen LogP contribution in [0.3, 0.4) is 0 Å². The van der Waals surface area contributed by atoms with Gasteiger partial charge in [0.05, 0.1) is 25.4 Å². The highest BCUT2D eigenvalue weighted by atomic mass is 32.1. The molecule has 0 radical (unpaired) electrons. The standard InChI is InChI=1S/C25H32N4O4S/c1-2-33-25(32)24-20(16-21(34-24)19-8-4-3-5-9-19)26-22(30)17-27-12-14-28(15-13-27)18-23(31)29-10-6-7-11-29/h3-5,8-9,16H,2,6-7,10-15,17-18H2,1H3,(H,26,30). The highest BCUT2D eigenvalue weighted by Gasteiger charge is 2.25. The molecule has 2 aliphatic heterocycles. The molecule has 1 aromatic carbocycles. The van der Waals surface area contributed by atoms with Crippen LogP contribution in [0.4, 0.5) is 5.69 Å². The van der Waals surface area contributed by atoms with Gasteiger partial charge < -0.3 is 15.0 Å². The van der Waals surface area contributed by atoms with Crippen LogP contribution in [-0.4, -0.2) is 91.4 Å². The number of carbonyl (C=O) groups is 3. The van der Waals surface area contributed by atoms with E-state index < -0.39 is 5.97 Å². The quantitative estimate of drug-likeness (QED) is 0.581. The number of anilines is 1. The molecule has 2 saturated heterocycles. The fourth-order valence-electron chi connectivity index (χ4n) is 4.33. The van der Waals surface area contributed by atoms with Gasteiger partial charge in [-0.15, -0.1) is 11.3 Å². The molecule has 0 atom stereocenters. The van der Waals surface area contributed by atoms with Gasteiger partial charge in [-0.2, -0.15) is 0 Å². The molecule has 2 amide bonds. The lowest BCUT2D eigenvalue weighted by Gasteiger charge is -2.34. The van der Waals surface area contributed by atoms with Crippen LogP contribution in [0.5, 0.6) is 0 Å². The van der Waals surface area contributed by atoms with Crippen molar-refractivity contribution in [3.8, 4) is 10.4 Å². The summed E-state index contributed by atoms with van der Waals surface area (Å²) in [7, 11) is 0. The third-order valence-corrected chi connectivity index (χ3v) is 7.34. The van der Waals surface area contributed by atoms with E-state index in [2.05, 4.69) is 15.1 Å². The van der Waals surface area contributed by atoms with E-state index in [1.54, 1.807) is 6.92 Å². The highest BCUT2D eigenvalue weighted by Crippen LogP contribution is 2.35. The van der Waals surface area contributed by atoms with Crippen LogP contribution < -0.4 is 5.32 Å². The van der Waals surface area contributed by atoms with E-state index in [4.69, 9.17) is 4.74 Å². The summed E-state index contributed by atoms with van der Waals surface area (Å²) in [5, 5.41) is 2.92. The Morgan fingerprint density at radius 3 is 2.24 bits per heavy atom. The Kier molecular flexibility index (Phi) is 8.31. The van der Waals surface area contributed by atoms with Gasteiger partial charge in [-0.1, -0.05) is 30.3 Å². The van der Waals surface area contributed by atoms with Gasteiger partial charge >= 0.3 is 5.97 Å². The Morgan fingerprint density at radius 2 is 1.59 bits per heavy atom. The van der Waals surface area contributed by atoms with Crippen molar-refractivity contribution >= 4 is 34.8 Å². The van der Waals surface area contributed by atoms with E-state index in [0.29, 0.717) is 17.1 Å². The number of thiophene rings is 1. The Labute approximate surface area is 204 Å². The van der Waals surface area contributed by atoms with Gasteiger partial charge in [-0.25, -0.2) is 4.79 Å². The molecule has 2 aliphatic rings. The van der Waals surface area contributed by atoms with Crippen LogP contribution in [0.1, 0.15) is 29.4 Å². The number of esters is 1. The molecule has 0 saturated carbocycles. The minimum atomic E-state index is -0.429. The van der Waals surface area contributed by atoms with Crippen LogP contribution in [0.25, 0.3) is 10.4 Å². The van der Waals surface area contributed by atoms with Gasteiger partial charge in [0.1, 0.15) is 4.88 Å². The number of piperazine rings is 1. The van der Waals surface area contributed by atoms with Gasteiger partial charge in [0.15, 0.2) is 0 Å². The average Bonchev–Trinajstić information content (AvgIpc) is 3.52. The van der Waals surface area contributed by atoms with Crippen LogP contribution in [0, 0.1) is 0 Å². The zero-order chi connectivity index (χ0) is 23.9. The lowest BCUT2D eigenvalue weighted by molar-refractivity contribution is -0.132. The zero-order valence-electron chi connectivity index (χ0n) is 19.6. The van der Waals surface area contributed by atoms with Crippen molar-refractivity contribution in [3.05, 3.63) is 41.3 Å². The van der Waals surface area contributed by atoms with E-state index >= 15 is 0 Å². The largest absolute Gasteiger partial charge is 0.462 e. The van der Waals surface area contributed by atoms with Gasteiger partial charge in [-0.05, 0) is 31.4 Å². The van der Waals surface area contributed by atoms with Crippen LogP contribution in [-0.2, 0) is 14.3 Å². The third kappa shape index (κ3) is 6.22. The molecule has 1 aromatic heterocycles. The second-order valence-electron chi connectivity index (χ2n) is 8.63. The maximum atomic E-state index is 12.8. The molecule has 3 heterocycles. The van der Waals surface area contributed by atoms with E-state index in [1.807, 2.05) is 41.3 Å². The molecule has 0 unspecified atom stereocenters. The summed E-state index contributed by atoms with van der Waals surface area (Å²) in [5.41, 5.74) is 1.47. The lowest BCUT2D eigenvalue weighted by Crippen LogP contribution is -2.51. The lowest BCUT2D eigenvalue weighted by atomic mass is 10.2. The normalized spacial score (nSPS) is 17.0. The predicted molar refractivity (Wildman–Crippen MR) is 133 cm³/mol. The summed E-state index contributed by atoms with van der Waals surface area (Å²) >= 11 is 1.32. The second-order valence-corrected chi connectivity index (χ2v) is 9.68. The number of hydrogen-bond donors (Lipinski definition) is 1. The number of benzene rings is 1. The van der Waals surface area contributed by atoms with Crippen molar-refractivity contribution in [2.24, 2.45) is 0 Å². The summed E-state index contributed by atoms with van der Waals surface area (Å²) in [5.74, 6) is -0.382. The van der Waals surface area contributed by atoms with E-state index in [1.165, 1.54) is 11.3 Å². The van der Waals surface area contributed by atoms with Crippen molar-refractivity contribution in [2.45, 2.75) is 19.8 Å². The Bertz CT molecular complexity index is 996. The van der Waals surface area contributed by atoms with E-state index in [0.717, 1.165) is 62.6 Å². The minimum Gasteiger partial charge on any atom is -0.462 e. The second kappa shape index (κ2) is 11.6. The summed E-state index contributed by atoms with van der Waals surface area (Å²) in [6.07, 6.45) is 2.20. The van der Waals surface area contributed by atoms with Gasteiger partial charge in [0, 0.05) is 44.1 Å². The Balaban J connectivity index is 1.32. The third-order valence-electron chi connectivity index (χ3n) is 6.18. The smallest absolute Gasteiger partial charge is 0.350 e. The van der Waals surface area contributed by atoms with Crippen molar-refractivity contribution in [3.63, 3.8) is 0 Å². The first-order valence-corrected chi connectivity index (χ1v) is 12.7. The first-order valence-electron chi connectivity index (χ1n) is 11.9. The summed E-state index contributed by atoms with van der Waals surface area (Å²) < 4.78 is 5.20. The van der Waals surface area contributed by atoms with Crippen molar-refractivity contribution < 1.29 is 19.1 Å². The maximum absolute atomic E-state index is 12.8. The van der Waals surface area contributed by atoms with Crippen LogP contribution >= 0.6 is 11.3 Å². The molecule has 2 aromatic rings. The fraction of sp³-hybridized carbons (Fsp3) is 0.480. The first kappa shape index (κ1) is 24.4. The first-order chi connectivity index (χ1) is 16.5. The van der Waals surface area contributed by atoms with Crippen molar-refractivity contribution in [1.29, 1.82) is 0 Å². The van der Waals surface area contributed by atoms with Crippen molar-refractivity contribution in [2.75, 3.05) is 64.3 Å². The highest BCUT2D eigenvalue weighted by molar-refractivity contribution is 7.18. The summed E-state index contributed by atoms with van der Waals surface area (Å²) in [4.78, 5) is 45.2. The Hall–Kier alpha value is -2.75. The van der Waals surface area contributed by atoms with Gasteiger partial charge in [0.25, 0.3) is 0 Å². The SMILES string of the molecule is CCOC(=O)c1sc(-c2ccccc2)cc1NC(=O)CN1CCN(CC(=O)N2CCCC2)CC1. The molecular weight excluding hydrogens is 452 g/mol. The monoisotopic (exact) mass is 484 g/mol. The molecule has 34 heavy (non-hydrogen) atoms. The van der Waals surface area contributed by atoms with E-state index in [9.17, 15) is 14.4 Å².